The molecule has 1 aliphatic rings. The summed E-state index contributed by atoms with van der Waals surface area (Å²) in [5, 5.41) is 1.42. The van der Waals surface area contributed by atoms with Crippen molar-refractivity contribution in [2.75, 3.05) is 19.1 Å². The maximum atomic E-state index is 12.8. The molecule has 1 fully saturated rings. The van der Waals surface area contributed by atoms with Gasteiger partial charge in [0.1, 0.15) is 5.54 Å². The molecule has 0 saturated carbocycles. The molecular formula is C9H9ClF5NO3. The van der Waals surface area contributed by atoms with E-state index in [0.29, 0.717) is 0 Å². The van der Waals surface area contributed by atoms with Crippen LogP contribution in [0.5, 0.6) is 0 Å². The van der Waals surface area contributed by atoms with Gasteiger partial charge in [-0.2, -0.15) is 22.0 Å². The number of halogens is 6. The third-order valence-electron chi connectivity index (χ3n) is 2.67. The number of nitrogens with one attached hydrogen (secondary N) is 1. The highest BCUT2D eigenvalue weighted by molar-refractivity contribution is 6.29. The van der Waals surface area contributed by atoms with E-state index >= 15 is 0 Å². The number of carbonyl (C=O) groups excluding carboxylic acids is 2. The molecule has 1 heterocycles. The third kappa shape index (κ3) is 2.97. The average Bonchev–Trinajstić information content (AvgIpc) is 2.76. The van der Waals surface area contributed by atoms with E-state index in [0.717, 1.165) is 0 Å². The zero-order valence-corrected chi connectivity index (χ0v) is 10.1. The molecule has 4 nitrogen and oxygen atoms in total. The van der Waals surface area contributed by atoms with Crippen LogP contribution in [0.2, 0.25) is 0 Å². The van der Waals surface area contributed by atoms with Crippen molar-refractivity contribution in [3.63, 3.8) is 0 Å². The van der Waals surface area contributed by atoms with Crippen molar-refractivity contribution in [2.45, 2.75) is 24.1 Å². The van der Waals surface area contributed by atoms with Crippen LogP contribution in [0.15, 0.2) is 0 Å². The summed E-state index contributed by atoms with van der Waals surface area (Å²) in [7, 11) is 0. The molecule has 0 aliphatic carbocycles. The Bertz CT molecular complexity index is 379. The molecule has 1 atom stereocenters. The molecule has 110 valence electrons. The topological polar surface area (TPSA) is 55.4 Å². The minimum Gasteiger partial charge on any atom is -0.378 e. The van der Waals surface area contributed by atoms with Gasteiger partial charge in [-0.3, -0.25) is 9.59 Å². The fourth-order valence-corrected chi connectivity index (χ4v) is 1.76. The summed E-state index contributed by atoms with van der Waals surface area (Å²) < 4.78 is 66.4. The molecule has 0 radical (unpaired) electrons. The molecular weight excluding hydrogens is 301 g/mol. The predicted octanol–water partition coefficient (Wildman–Crippen LogP) is 1.27. The fourth-order valence-electron chi connectivity index (χ4n) is 1.51. The van der Waals surface area contributed by atoms with Gasteiger partial charge in [0.2, 0.25) is 0 Å². The zero-order chi connectivity index (χ0) is 14.9. The first kappa shape index (κ1) is 16.1. The molecule has 0 spiro atoms. The summed E-state index contributed by atoms with van der Waals surface area (Å²) in [5.74, 6) is -9.70. The number of carbonyl (C=O) groups is 2. The van der Waals surface area contributed by atoms with Gasteiger partial charge >= 0.3 is 18.0 Å². The van der Waals surface area contributed by atoms with Gasteiger partial charge in [0, 0.05) is 13.0 Å². The van der Waals surface area contributed by atoms with Crippen LogP contribution in [0.4, 0.5) is 22.0 Å². The van der Waals surface area contributed by atoms with Crippen LogP contribution in [0.25, 0.3) is 0 Å². The molecule has 1 unspecified atom stereocenters. The summed E-state index contributed by atoms with van der Waals surface area (Å²) in [6.07, 6.45) is -6.25. The van der Waals surface area contributed by atoms with Crippen molar-refractivity contribution in [3.05, 3.63) is 0 Å². The number of ketones is 1. The van der Waals surface area contributed by atoms with Crippen LogP contribution >= 0.6 is 11.6 Å². The van der Waals surface area contributed by atoms with E-state index in [4.69, 9.17) is 16.3 Å². The van der Waals surface area contributed by atoms with E-state index in [1.807, 2.05) is 0 Å². The SMILES string of the molecule is O=C(CCl)C1(NC(=O)C(F)(F)C(F)(F)F)CCOC1. The van der Waals surface area contributed by atoms with E-state index < -0.39 is 41.8 Å². The molecule has 1 rings (SSSR count). The van der Waals surface area contributed by atoms with Gasteiger partial charge in [0.25, 0.3) is 0 Å². The lowest BCUT2D eigenvalue weighted by Gasteiger charge is -2.29. The van der Waals surface area contributed by atoms with Crippen molar-refractivity contribution in [3.8, 4) is 0 Å². The summed E-state index contributed by atoms with van der Waals surface area (Å²) >= 11 is 5.24. The molecule has 1 saturated heterocycles. The van der Waals surface area contributed by atoms with Crippen molar-refractivity contribution in [2.24, 2.45) is 0 Å². The van der Waals surface area contributed by atoms with Crippen molar-refractivity contribution in [1.29, 1.82) is 0 Å². The van der Waals surface area contributed by atoms with Crippen LogP contribution in [0.3, 0.4) is 0 Å². The first-order valence-corrected chi connectivity index (χ1v) is 5.54. The quantitative estimate of drug-likeness (QED) is 0.628. The highest BCUT2D eigenvalue weighted by Gasteiger charge is 2.64. The van der Waals surface area contributed by atoms with Crippen molar-refractivity contribution >= 4 is 23.3 Å². The molecule has 19 heavy (non-hydrogen) atoms. The maximum absolute atomic E-state index is 12.8. The first-order chi connectivity index (χ1) is 8.57. The number of hydrogen-bond donors (Lipinski definition) is 1. The Morgan fingerprint density at radius 2 is 1.84 bits per heavy atom. The second-order valence-corrected chi connectivity index (χ2v) is 4.24. The second-order valence-electron chi connectivity index (χ2n) is 3.97. The Morgan fingerprint density at radius 1 is 1.26 bits per heavy atom. The smallest absolute Gasteiger partial charge is 0.378 e. The van der Waals surface area contributed by atoms with Crippen LogP contribution < -0.4 is 5.32 Å². The van der Waals surface area contributed by atoms with Gasteiger partial charge in [0.05, 0.1) is 12.5 Å². The van der Waals surface area contributed by atoms with Crippen LogP contribution in [0, 0.1) is 0 Å². The number of alkyl halides is 6. The van der Waals surface area contributed by atoms with Gasteiger partial charge in [-0.05, 0) is 0 Å². The molecule has 0 aromatic heterocycles. The summed E-state index contributed by atoms with van der Waals surface area (Å²) in [6, 6.07) is 0. The van der Waals surface area contributed by atoms with E-state index in [1.165, 1.54) is 5.32 Å². The predicted molar refractivity (Wildman–Crippen MR) is 53.0 cm³/mol. The summed E-state index contributed by atoms with van der Waals surface area (Å²) in [6.45, 7) is -0.543. The largest absolute Gasteiger partial charge is 0.463 e. The Labute approximate surface area is 109 Å². The van der Waals surface area contributed by atoms with Gasteiger partial charge < -0.3 is 10.1 Å². The standard InChI is InChI=1S/C9H9ClF5NO3/c10-3-5(17)7(1-2-19-4-7)16-6(18)8(11,12)9(13,14)15/h1-4H2,(H,16,18). The molecule has 1 amide bonds. The third-order valence-corrected chi connectivity index (χ3v) is 2.91. The summed E-state index contributed by atoms with van der Waals surface area (Å²) in [5.41, 5.74) is -1.92. The molecule has 0 aromatic carbocycles. The molecule has 1 N–H and O–H groups in total. The van der Waals surface area contributed by atoms with Gasteiger partial charge in [-0.15, -0.1) is 11.6 Å². The zero-order valence-electron chi connectivity index (χ0n) is 9.32. The Kier molecular flexibility index (Phi) is 4.40. The Morgan fingerprint density at radius 3 is 2.21 bits per heavy atom. The number of Topliss-reactive ketones (excluding diaryl/α,β-unsaturated/α-hetero) is 1. The molecule has 1 aliphatic heterocycles. The highest BCUT2D eigenvalue weighted by Crippen LogP contribution is 2.36. The lowest BCUT2D eigenvalue weighted by atomic mass is 9.93. The number of ether oxygens (including phenoxy) is 1. The van der Waals surface area contributed by atoms with Crippen LogP contribution in [0.1, 0.15) is 6.42 Å². The summed E-state index contributed by atoms with van der Waals surface area (Å²) in [4.78, 5) is 22.6. The highest BCUT2D eigenvalue weighted by atomic mass is 35.5. The number of amides is 1. The molecule has 10 heteroatoms. The molecule has 0 aromatic rings. The van der Waals surface area contributed by atoms with E-state index in [1.54, 1.807) is 0 Å². The first-order valence-electron chi connectivity index (χ1n) is 5.01. The average molecular weight is 310 g/mol. The fraction of sp³-hybridized carbons (Fsp3) is 0.778. The lowest BCUT2D eigenvalue weighted by molar-refractivity contribution is -0.270. The van der Waals surface area contributed by atoms with Gasteiger partial charge in [-0.25, -0.2) is 0 Å². The normalized spacial score (nSPS) is 24.3. The minimum atomic E-state index is -6.04. The van der Waals surface area contributed by atoms with Crippen molar-refractivity contribution < 1.29 is 36.3 Å². The number of hydrogen-bond acceptors (Lipinski definition) is 3. The minimum absolute atomic E-state index is 0.0551. The lowest BCUT2D eigenvalue weighted by Crippen LogP contribution is -2.62. The van der Waals surface area contributed by atoms with Gasteiger partial charge in [0.15, 0.2) is 5.78 Å². The Hall–Kier alpha value is -0.960. The maximum Gasteiger partial charge on any atom is 0.463 e. The Balaban J connectivity index is 2.93. The molecule has 0 bridgehead atoms. The second kappa shape index (κ2) is 5.20. The van der Waals surface area contributed by atoms with Crippen LogP contribution in [-0.4, -0.2) is 48.4 Å². The van der Waals surface area contributed by atoms with Crippen LogP contribution in [-0.2, 0) is 14.3 Å². The van der Waals surface area contributed by atoms with Gasteiger partial charge in [-0.1, -0.05) is 0 Å². The van der Waals surface area contributed by atoms with E-state index in [9.17, 15) is 31.5 Å². The van der Waals surface area contributed by atoms with Crippen molar-refractivity contribution in [1.82, 2.24) is 5.32 Å². The van der Waals surface area contributed by atoms with E-state index in [-0.39, 0.29) is 13.0 Å². The van der Waals surface area contributed by atoms with E-state index in [2.05, 4.69) is 0 Å². The monoisotopic (exact) mass is 309 g/mol. The number of rotatable bonds is 4.